The third-order valence-corrected chi connectivity index (χ3v) is 4.64. The summed E-state index contributed by atoms with van der Waals surface area (Å²) >= 11 is 5.67. The Morgan fingerprint density at radius 2 is 1.76 bits per heavy atom. The van der Waals surface area contributed by atoms with Crippen LogP contribution in [0.15, 0.2) is 0 Å². The molecule has 0 bridgehead atoms. The van der Waals surface area contributed by atoms with Gasteiger partial charge in [-0.3, -0.25) is 0 Å². The molecule has 0 rings (SSSR count). The van der Waals surface area contributed by atoms with Crippen molar-refractivity contribution in [3.8, 4) is 0 Å². The Balaban J connectivity index is 4.49. The van der Waals surface area contributed by atoms with Gasteiger partial charge in [0.25, 0.3) is 0 Å². The summed E-state index contributed by atoms with van der Waals surface area (Å²) in [6.07, 6.45) is 2.57. The summed E-state index contributed by atoms with van der Waals surface area (Å²) in [5.74, 6) is 0.579. The van der Waals surface area contributed by atoms with Crippen LogP contribution in [-0.2, 0) is 10.0 Å². The molecule has 0 aliphatic heterocycles. The summed E-state index contributed by atoms with van der Waals surface area (Å²) in [5, 5.41) is 0. The van der Waals surface area contributed by atoms with E-state index in [0.29, 0.717) is 25.4 Å². The molecule has 0 saturated carbocycles. The molecule has 0 amide bonds. The fraction of sp³-hybridized carbons (Fsp3) is 1.00. The van der Waals surface area contributed by atoms with Gasteiger partial charge >= 0.3 is 0 Å². The van der Waals surface area contributed by atoms with Gasteiger partial charge in [0.05, 0.1) is 5.75 Å². The van der Waals surface area contributed by atoms with Crippen molar-refractivity contribution in [3.05, 3.63) is 0 Å². The fourth-order valence-electron chi connectivity index (χ4n) is 1.38. The van der Waals surface area contributed by atoms with Gasteiger partial charge in [0, 0.05) is 19.0 Å². The van der Waals surface area contributed by atoms with E-state index >= 15 is 0 Å². The van der Waals surface area contributed by atoms with E-state index in [9.17, 15) is 8.42 Å². The summed E-state index contributed by atoms with van der Waals surface area (Å²) in [7, 11) is -3.14. The Bertz CT molecular complexity index is 296. The van der Waals surface area contributed by atoms with Gasteiger partial charge < -0.3 is 0 Å². The molecular weight excluding hydrogens is 258 g/mol. The second-order valence-corrected chi connectivity index (χ2v) is 8.03. The molecule has 0 aliphatic carbocycles. The minimum atomic E-state index is -3.14. The van der Waals surface area contributed by atoms with Gasteiger partial charge in [-0.05, 0) is 18.3 Å². The standard InChI is InChI=1S/C12H26ClNO2S/c1-5-6-9-14(10-8-13)17(15,16)11-7-12(2,3)4/h5-11H2,1-4H3. The second kappa shape index (κ2) is 7.59. The Labute approximate surface area is 112 Å². The van der Waals surface area contributed by atoms with E-state index in [1.54, 1.807) is 0 Å². The normalized spacial score (nSPS) is 13.3. The van der Waals surface area contributed by atoms with Crippen molar-refractivity contribution in [2.24, 2.45) is 5.41 Å². The summed E-state index contributed by atoms with van der Waals surface area (Å²) in [5.41, 5.74) is 0.0461. The second-order valence-electron chi connectivity index (χ2n) is 5.57. The third-order valence-electron chi connectivity index (χ3n) is 2.60. The van der Waals surface area contributed by atoms with Crippen molar-refractivity contribution in [2.45, 2.75) is 47.0 Å². The SMILES string of the molecule is CCCCN(CCCl)S(=O)(=O)CCC(C)(C)C. The number of alkyl halides is 1. The number of halogens is 1. The monoisotopic (exact) mass is 283 g/mol. The van der Waals surface area contributed by atoms with Crippen LogP contribution in [0.1, 0.15) is 47.0 Å². The van der Waals surface area contributed by atoms with Crippen LogP contribution in [0.4, 0.5) is 0 Å². The zero-order valence-corrected chi connectivity index (χ0v) is 13.1. The largest absolute Gasteiger partial charge is 0.214 e. The summed E-state index contributed by atoms with van der Waals surface area (Å²) in [6.45, 7) is 9.24. The number of unbranched alkanes of at least 4 members (excludes halogenated alkanes) is 1. The van der Waals surface area contributed by atoms with Gasteiger partial charge in [0.2, 0.25) is 10.0 Å². The maximum Gasteiger partial charge on any atom is 0.214 e. The van der Waals surface area contributed by atoms with Crippen molar-refractivity contribution in [3.63, 3.8) is 0 Å². The summed E-state index contributed by atoms with van der Waals surface area (Å²) in [6, 6.07) is 0. The highest BCUT2D eigenvalue weighted by Gasteiger charge is 2.23. The molecule has 0 unspecified atom stereocenters. The smallest absolute Gasteiger partial charge is 0.212 e. The van der Waals surface area contributed by atoms with E-state index in [4.69, 9.17) is 11.6 Å². The van der Waals surface area contributed by atoms with E-state index in [-0.39, 0.29) is 11.2 Å². The highest BCUT2D eigenvalue weighted by Crippen LogP contribution is 2.20. The first-order chi connectivity index (χ1) is 7.73. The lowest BCUT2D eigenvalue weighted by molar-refractivity contribution is 0.380. The summed E-state index contributed by atoms with van der Waals surface area (Å²) in [4.78, 5) is 0. The predicted octanol–water partition coefficient (Wildman–Crippen LogP) is 3.09. The Morgan fingerprint density at radius 3 is 2.18 bits per heavy atom. The molecule has 0 atom stereocenters. The highest BCUT2D eigenvalue weighted by atomic mass is 35.5. The fourth-order valence-corrected chi connectivity index (χ4v) is 3.59. The van der Waals surface area contributed by atoms with Crippen LogP contribution in [0.3, 0.4) is 0 Å². The molecule has 5 heteroatoms. The summed E-state index contributed by atoms with van der Waals surface area (Å²) < 4.78 is 25.8. The molecule has 0 saturated heterocycles. The number of sulfonamides is 1. The first-order valence-electron chi connectivity index (χ1n) is 6.26. The van der Waals surface area contributed by atoms with E-state index in [2.05, 4.69) is 27.7 Å². The number of rotatable bonds is 8. The topological polar surface area (TPSA) is 37.4 Å². The number of hydrogen-bond donors (Lipinski definition) is 0. The molecule has 0 fully saturated rings. The average molecular weight is 284 g/mol. The average Bonchev–Trinajstić information content (AvgIpc) is 2.20. The Morgan fingerprint density at radius 1 is 1.18 bits per heavy atom. The van der Waals surface area contributed by atoms with E-state index in [1.807, 2.05) is 0 Å². The van der Waals surface area contributed by atoms with Crippen LogP contribution < -0.4 is 0 Å². The van der Waals surface area contributed by atoms with Gasteiger partial charge in [-0.25, -0.2) is 12.7 Å². The van der Waals surface area contributed by atoms with Crippen molar-refractivity contribution >= 4 is 21.6 Å². The van der Waals surface area contributed by atoms with Gasteiger partial charge in [-0.2, -0.15) is 0 Å². The number of hydrogen-bond acceptors (Lipinski definition) is 2. The lowest BCUT2D eigenvalue weighted by Crippen LogP contribution is -2.36. The lowest BCUT2D eigenvalue weighted by Gasteiger charge is -2.24. The molecule has 0 aromatic rings. The Hall–Kier alpha value is 0.200. The maximum absolute atomic E-state index is 12.1. The molecule has 0 N–H and O–H groups in total. The van der Waals surface area contributed by atoms with Crippen molar-refractivity contribution in [2.75, 3.05) is 24.7 Å². The molecular formula is C12H26ClNO2S. The molecule has 0 spiro atoms. The first kappa shape index (κ1) is 17.2. The zero-order chi connectivity index (χ0) is 13.5. The highest BCUT2D eigenvalue weighted by molar-refractivity contribution is 7.89. The van der Waals surface area contributed by atoms with E-state index in [1.165, 1.54) is 4.31 Å². The van der Waals surface area contributed by atoms with Crippen molar-refractivity contribution in [1.82, 2.24) is 4.31 Å². The predicted molar refractivity (Wildman–Crippen MR) is 75.1 cm³/mol. The minimum absolute atomic E-state index is 0.0461. The van der Waals surface area contributed by atoms with Gasteiger partial charge in [0.15, 0.2) is 0 Å². The van der Waals surface area contributed by atoms with E-state index in [0.717, 1.165) is 12.8 Å². The first-order valence-corrected chi connectivity index (χ1v) is 8.41. The van der Waals surface area contributed by atoms with Crippen LogP contribution in [0.2, 0.25) is 0 Å². The zero-order valence-electron chi connectivity index (χ0n) is 11.5. The molecule has 3 nitrogen and oxygen atoms in total. The number of nitrogens with zero attached hydrogens (tertiary/aromatic N) is 1. The minimum Gasteiger partial charge on any atom is -0.212 e. The maximum atomic E-state index is 12.1. The van der Waals surface area contributed by atoms with Gasteiger partial charge in [-0.15, -0.1) is 11.6 Å². The van der Waals surface area contributed by atoms with Gasteiger partial charge in [0.1, 0.15) is 0 Å². The molecule has 17 heavy (non-hydrogen) atoms. The molecule has 0 heterocycles. The van der Waals surface area contributed by atoms with Gasteiger partial charge in [-0.1, -0.05) is 34.1 Å². The molecule has 0 aliphatic rings. The van der Waals surface area contributed by atoms with Crippen molar-refractivity contribution < 1.29 is 8.42 Å². The van der Waals surface area contributed by atoms with Crippen molar-refractivity contribution in [1.29, 1.82) is 0 Å². The molecule has 0 aromatic carbocycles. The lowest BCUT2D eigenvalue weighted by atomic mass is 9.94. The van der Waals surface area contributed by atoms with Crippen LogP contribution in [0.5, 0.6) is 0 Å². The van der Waals surface area contributed by atoms with Crippen LogP contribution in [-0.4, -0.2) is 37.4 Å². The molecule has 104 valence electrons. The quantitative estimate of drug-likeness (QED) is 0.642. The van der Waals surface area contributed by atoms with Crippen LogP contribution in [0, 0.1) is 5.41 Å². The Kier molecular flexibility index (Phi) is 7.68. The van der Waals surface area contributed by atoms with Crippen LogP contribution >= 0.6 is 11.6 Å². The molecule has 0 aromatic heterocycles. The third kappa shape index (κ3) is 8.01. The van der Waals surface area contributed by atoms with Crippen LogP contribution in [0.25, 0.3) is 0 Å². The molecule has 0 radical (unpaired) electrons. The van der Waals surface area contributed by atoms with E-state index < -0.39 is 10.0 Å².